The minimum Gasteiger partial charge on any atom is -0.384 e. The van der Waals surface area contributed by atoms with Crippen LogP contribution in [0.25, 0.3) is 0 Å². The number of hydrogen-bond acceptors (Lipinski definition) is 2. The molecule has 2 N–H and O–H groups in total. The first kappa shape index (κ1) is 20.3. The summed E-state index contributed by atoms with van der Waals surface area (Å²) in [6.07, 6.45) is -1.43. The van der Waals surface area contributed by atoms with Crippen LogP contribution in [0.5, 0.6) is 0 Å². The van der Waals surface area contributed by atoms with Crippen molar-refractivity contribution in [2.45, 2.75) is 53.8 Å². The molecule has 0 spiro atoms. The fourth-order valence-electron chi connectivity index (χ4n) is 4.48. The van der Waals surface area contributed by atoms with Crippen LogP contribution in [0.2, 0.25) is 0 Å². The van der Waals surface area contributed by atoms with Crippen molar-refractivity contribution < 1.29 is 10.2 Å². The van der Waals surface area contributed by atoms with E-state index in [1.807, 2.05) is 52.0 Å². The lowest BCUT2D eigenvalue weighted by molar-refractivity contribution is 0.212. The van der Waals surface area contributed by atoms with Crippen LogP contribution < -0.4 is 0 Å². The largest absolute Gasteiger partial charge is 0.384 e. The molecule has 2 heteroatoms. The van der Waals surface area contributed by atoms with Gasteiger partial charge in [0.2, 0.25) is 0 Å². The maximum atomic E-state index is 11.1. The predicted molar refractivity (Wildman–Crippen MR) is 116 cm³/mol. The van der Waals surface area contributed by atoms with Crippen molar-refractivity contribution in [3.63, 3.8) is 0 Å². The SMILES string of the molecule is Cc1cc(C)c([C@H](O)c2cccc([C@@H](O)c3c(C)cc(C)cc3C)c2)c(C)c1. The van der Waals surface area contributed by atoms with E-state index in [-0.39, 0.29) is 0 Å². The summed E-state index contributed by atoms with van der Waals surface area (Å²) in [5, 5.41) is 22.2. The minimum atomic E-state index is -0.715. The van der Waals surface area contributed by atoms with E-state index < -0.39 is 12.2 Å². The van der Waals surface area contributed by atoms with Crippen LogP contribution in [0.4, 0.5) is 0 Å². The molecule has 0 amide bonds. The molecule has 0 bridgehead atoms. The number of aliphatic hydroxyl groups excluding tert-OH is 2. The highest BCUT2D eigenvalue weighted by atomic mass is 16.3. The van der Waals surface area contributed by atoms with Crippen molar-refractivity contribution in [1.29, 1.82) is 0 Å². The monoisotopic (exact) mass is 374 g/mol. The van der Waals surface area contributed by atoms with E-state index in [0.29, 0.717) is 0 Å². The average molecular weight is 375 g/mol. The van der Waals surface area contributed by atoms with Gasteiger partial charge in [-0.1, -0.05) is 53.6 Å². The highest BCUT2D eigenvalue weighted by Gasteiger charge is 2.20. The van der Waals surface area contributed by atoms with Crippen LogP contribution >= 0.6 is 0 Å². The Hall–Kier alpha value is -2.42. The van der Waals surface area contributed by atoms with Gasteiger partial charge in [-0.25, -0.2) is 0 Å². The van der Waals surface area contributed by atoms with Crippen LogP contribution in [0.15, 0.2) is 48.5 Å². The van der Waals surface area contributed by atoms with Crippen LogP contribution in [-0.2, 0) is 0 Å². The van der Waals surface area contributed by atoms with Gasteiger partial charge in [0.25, 0.3) is 0 Å². The molecule has 0 radical (unpaired) electrons. The van der Waals surface area contributed by atoms with Gasteiger partial charge in [0.1, 0.15) is 12.2 Å². The van der Waals surface area contributed by atoms with E-state index in [4.69, 9.17) is 0 Å². The molecule has 0 aromatic heterocycles. The molecule has 2 nitrogen and oxygen atoms in total. The van der Waals surface area contributed by atoms with Crippen molar-refractivity contribution in [2.24, 2.45) is 0 Å². The molecule has 0 heterocycles. The second-order valence-electron chi connectivity index (χ2n) is 8.10. The molecule has 0 fully saturated rings. The first-order valence-electron chi connectivity index (χ1n) is 9.80. The molecular weight excluding hydrogens is 344 g/mol. The molecule has 0 aliphatic rings. The summed E-state index contributed by atoms with van der Waals surface area (Å²) in [5.74, 6) is 0. The Labute approximate surface area is 168 Å². The molecule has 0 aliphatic carbocycles. The van der Waals surface area contributed by atoms with E-state index in [2.05, 4.69) is 38.1 Å². The molecule has 3 aromatic rings. The van der Waals surface area contributed by atoms with Gasteiger partial charge < -0.3 is 10.2 Å². The summed E-state index contributed by atoms with van der Waals surface area (Å²) in [6, 6.07) is 16.1. The Morgan fingerprint density at radius 2 is 0.857 bits per heavy atom. The Morgan fingerprint density at radius 3 is 1.18 bits per heavy atom. The minimum absolute atomic E-state index is 0.715. The summed E-state index contributed by atoms with van der Waals surface area (Å²) in [4.78, 5) is 0. The fourth-order valence-corrected chi connectivity index (χ4v) is 4.48. The van der Waals surface area contributed by atoms with Gasteiger partial charge in [-0.2, -0.15) is 0 Å². The quantitative estimate of drug-likeness (QED) is 0.615. The summed E-state index contributed by atoms with van der Waals surface area (Å²) < 4.78 is 0. The highest BCUT2D eigenvalue weighted by molar-refractivity contribution is 5.46. The molecule has 0 saturated carbocycles. The average Bonchev–Trinajstić information content (AvgIpc) is 2.60. The summed E-state index contributed by atoms with van der Waals surface area (Å²) in [6.45, 7) is 12.3. The van der Waals surface area contributed by atoms with Gasteiger partial charge in [0.15, 0.2) is 0 Å². The van der Waals surface area contributed by atoms with Gasteiger partial charge in [-0.05, 0) is 92.1 Å². The number of aryl methyl sites for hydroxylation is 6. The van der Waals surface area contributed by atoms with Crippen molar-refractivity contribution in [3.05, 3.63) is 104 Å². The molecule has 28 heavy (non-hydrogen) atoms. The molecule has 0 saturated heterocycles. The second kappa shape index (κ2) is 7.90. The Kier molecular flexibility index (Phi) is 5.74. The number of aliphatic hydroxyl groups is 2. The lowest BCUT2D eigenvalue weighted by atomic mass is 9.88. The lowest BCUT2D eigenvalue weighted by Crippen LogP contribution is -2.08. The zero-order chi connectivity index (χ0) is 20.6. The molecule has 0 unspecified atom stereocenters. The molecule has 2 atom stereocenters. The van der Waals surface area contributed by atoms with Gasteiger partial charge in [0, 0.05) is 0 Å². The third-order valence-electron chi connectivity index (χ3n) is 5.57. The smallest absolute Gasteiger partial charge is 0.105 e. The Balaban J connectivity index is 2.02. The Morgan fingerprint density at radius 1 is 0.536 bits per heavy atom. The summed E-state index contributed by atoms with van der Waals surface area (Å²) in [5.41, 5.74) is 10.2. The van der Waals surface area contributed by atoms with Gasteiger partial charge in [-0.15, -0.1) is 0 Å². The number of hydrogen-bond donors (Lipinski definition) is 2. The van der Waals surface area contributed by atoms with Crippen molar-refractivity contribution in [1.82, 2.24) is 0 Å². The summed E-state index contributed by atoms with van der Waals surface area (Å²) in [7, 11) is 0. The van der Waals surface area contributed by atoms with Gasteiger partial charge in [0.05, 0.1) is 0 Å². The van der Waals surface area contributed by atoms with E-state index in [1.54, 1.807) is 0 Å². The maximum absolute atomic E-state index is 11.1. The third kappa shape index (κ3) is 3.89. The van der Waals surface area contributed by atoms with Crippen molar-refractivity contribution >= 4 is 0 Å². The first-order chi connectivity index (χ1) is 13.2. The third-order valence-corrected chi connectivity index (χ3v) is 5.57. The number of benzene rings is 3. The van der Waals surface area contributed by atoms with E-state index in [9.17, 15) is 10.2 Å². The fraction of sp³-hybridized carbons (Fsp3) is 0.308. The normalized spacial score (nSPS) is 13.4. The van der Waals surface area contributed by atoms with Crippen LogP contribution in [0.1, 0.15) is 67.8 Å². The predicted octanol–water partition coefficient (Wildman–Crippen LogP) is 5.70. The molecule has 3 aromatic carbocycles. The second-order valence-corrected chi connectivity index (χ2v) is 8.10. The van der Waals surface area contributed by atoms with Crippen LogP contribution in [0.3, 0.4) is 0 Å². The lowest BCUT2D eigenvalue weighted by Gasteiger charge is -2.21. The van der Waals surface area contributed by atoms with Gasteiger partial charge in [-0.3, -0.25) is 0 Å². The molecule has 146 valence electrons. The molecule has 0 aliphatic heterocycles. The number of rotatable bonds is 4. The first-order valence-corrected chi connectivity index (χ1v) is 9.80. The highest BCUT2D eigenvalue weighted by Crippen LogP contribution is 2.33. The maximum Gasteiger partial charge on any atom is 0.105 e. The molecule has 3 rings (SSSR count). The van der Waals surface area contributed by atoms with Crippen molar-refractivity contribution in [3.8, 4) is 0 Å². The topological polar surface area (TPSA) is 40.5 Å². The zero-order valence-electron chi connectivity index (χ0n) is 17.7. The van der Waals surface area contributed by atoms with Crippen LogP contribution in [0, 0.1) is 41.5 Å². The van der Waals surface area contributed by atoms with Gasteiger partial charge >= 0.3 is 0 Å². The van der Waals surface area contributed by atoms with Crippen LogP contribution in [-0.4, -0.2) is 10.2 Å². The van der Waals surface area contributed by atoms with E-state index in [1.165, 1.54) is 11.1 Å². The standard InChI is InChI=1S/C26H30O2/c1-15-10-17(3)23(18(4)11-15)25(27)21-8-7-9-22(14-21)26(28)24-19(5)12-16(2)13-20(24)6/h7-14,25-28H,1-6H3/t25-,26-/m1/s1. The van der Waals surface area contributed by atoms with E-state index in [0.717, 1.165) is 44.5 Å². The molecular formula is C26H30O2. The van der Waals surface area contributed by atoms with Crippen molar-refractivity contribution in [2.75, 3.05) is 0 Å². The van der Waals surface area contributed by atoms with E-state index >= 15 is 0 Å². The summed E-state index contributed by atoms with van der Waals surface area (Å²) >= 11 is 0. The Bertz CT molecular complexity index is 892. The zero-order valence-corrected chi connectivity index (χ0v) is 17.7.